The molecule has 0 N–H and O–H groups in total. The van der Waals surface area contributed by atoms with E-state index < -0.39 is 25.3 Å². The maximum atomic E-state index is 11.6. The molecule has 2 aliphatic rings. The molecule has 28 heavy (non-hydrogen) atoms. The van der Waals surface area contributed by atoms with Gasteiger partial charge in [0.1, 0.15) is 0 Å². The third-order valence-electron chi connectivity index (χ3n) is 5.56. The molecule has 2 heterocycles. The number of hydrogen-bond donors (Lipinski definition) is 0. The van der Waals surface area contributed by atoms with E-state index >= 15 is 0 Å². The highest BCUT2D eigenvalue weighted by Gasteiger charge is 2.29. The predicted molar refractivity (Wildman–Crippen MR) is 110 cm³/mol. The Bertz CT molecular complexity index is 654. The molecule has 165 valence electrons. The lowest BCUT2D eigenvalue weighted by Gasteiger charge is -2.35. The van der Waals surface area contributed by atoms with Crippen LogP contribution >= 0.6 is 0 Å². The van der Waals surface area contributed by atoms with Crippen molar-refractivity contribution in [1.82, 2.24) is 9.80 Å². The van der Waals surface area contributed by atoms with E-state index in [9.17, 15) is 16.8 Å². The van der Waals surface area contributed by atoms with Crippen LogP contribution in [-0.4, -0.2) is 115 Å². The van der Waals surface area contributed by atoms with E-state index in [0.29, 0.717) is 39.4 Å². The third-order valence-corrected chi connectivity index (χ3v) is 8.78. The summed E-state index contributed by atoms with van der Waals surface area (Å²) in [7, 11) is -4.10. The summed E-state index contributed by atoms with van der Waals surface area (Å²) in [5, 5.41) is 0. The average Bonchev–Trinajstić information content (AvgIpc) is 2.63. The van der Waals surface area contributed by atoms with Crippen LogP contribution in [0, 0.1) is 6.92 Å². The minimum Gasteiger partial charge on any atom is -0.382 e. The van der Waals surface area contributed by atoms with Crippen LogP contribution in [0.3, 0.4) is 0 Å². The maximum Gasteiger partial charge on any atom is 0.152 e. The van der Waals surface area contributed by atoms with Gasteiger partial charge in [-0.2, -0.15) is 0 Å². The summed E-state index contributed by atoms with van der Waals surface area (Å²) in [6.45, 7) is 9.22. The minimum atomic E-state index is -2.88. The van der Waals surface area contributed by atoms with Gasteiger partial charge < -0.3 is 19.3 Å². The Balaban J connectivity index is 1.78. The zero-order valence-electron chi connectivity index (χ0n) is 17.0. The molecular formula is C18H35N2O6S2. The van der Waals surface area contributed by atoms with Gasteiger partial charge in [0.15, 0.2) is 19.7 Å². The zero-order chi connectivity index (χ0) is 20.7. The van der Waals surface area contributed by atoms with E-state index in [-0.39, 0.29) is 23.0 Å². The van der Waals surface area contributed by atoms with Crippen molar-refractivity contribution in [3.63, 3.8) is 0 Å². The molecule has 8 nitrogen and oxygen atoms in total. The average molecular weight is 440 g/mol. The largest absolute Gasteiger partial charge is 0.382 e. The van der Waals surface area contributed by atoms with Gasteiger partial charge in [-0.05, 0) is 32.7 Å². The van der Waals surface area contributed by atoms with Crippen LogP contribution < -0.4 is 0 Å². The molecule has 1 radical (unpaired) electrons. The summed E-state index contributed by atoms with van der Waals surface area (Å²) in [5.74, 6) is 0.925. The number of nitrogens with zero attached hydrogens (tertiary/aromatic N) is 2. The highest BCUT2D eigenvalue weighted by molar-refractivity contribution is 7.91. The molecule has 0 aliphatic carbocycles. The van der Waals surface area contributed by atoms with Crippen molar-refractivity contribution in [3.05, 3.63) is 6.92 Å². The second-order valence-corrected chi connectivity index (χ2v) is 12.5. The number of ether oxygens (including phenoxy) is 2. The summed E-state index contributed by atoms with van der Waals surface area (Å²) >= 11 is 0. The fourth-order valence-corrected chi connectivity index (χ4v) is 6.10. The van der Waals surface area contributed by atoms with Gasteiger partial charge in [0, 0.05) is 39.8 Å². The molecule has 0 aromatic carbocycles. The molecule has 2 fully saturated rings. The van der Waals surface area contributed by atoms with E-state index in [4.69, 9.17) is 9.47 Å². The molecule has 0 saturated carbocycles. The molecule has 0 aromatic heterocycles. The second kappa shape index (κ2) is 10.7. The summed E-state index contributed by atoms with van der Waals surface area (Å²) < 4.78 is 57.4. The highest BCUT2D eigenvalue weighted by Crippen LogP contribution is 2.23. The molecule has 10 heteroatoms. The van der Waals surface area contributed by atoms with Crippen molar-refractivity contribution >= 4 is 19.7 Å². The van der Waals surface area contributed by atoms with Crippen LogP contribution in [-0.2, 0) is 29.1 Å². The van der Waals surface area contributed by atoms with Gasteiger partial charge in [-0.3, -0.25) is 0 Å². The smallest absolute Gasteiger partial charge is 0.152 e. The Morgan fingerprint density at radius 3 is 1.82 bits per heavy atom. The number of hydrogen-bond acceptors (Lipinski definition) is 8. The Hall–Kier alpha value is -0.260. The van der Waals surface area contributed by atoms with Gasteiger partial charge in [0.2, 0.25) is 0 Å². The normalized spacial score (nSPS) is 25.4. The topological polar surface area (TPSA) is 93.2 Å². The van der Waals surface area contributed by atoms with Gasteiger partial charge >= 0.3 is 0 Å². The second-order valence-electron chi connectivity index (χ2n) is 7.86. The van der Waals surface area contributed by atoms with Crippen LogP contribution in [0.2, 0.25) is 0 Å². The Kier molecular flexibility index (Phi) is 9.15. The first-order chi connectivity index (χ1) is 13.1. The van der Waals surface area contributed by atoms with Gasteiger partial charge in [-0.1, -0.05) is 0 Å². The van der Waals surface area contributed by atoms with Crippen molar-refractivity contribution in [3.8, 4) is 0 Å². The predicted octanol–water partition coefficient (Wildman–Crippen LogP) is -0.147. The fraction of sp³-hybridized carbons (Fsp3) is 0.944. The first-order valence-corrected chi connectivity index (χ1v) is 13.6. The molecule has 0 spiro atoms. The van der Waals surface area contributed by atoms with E-state index in [2.05, 4.69) is 16.7 Å². The van der Waals surface area contributed by atoms with Crippen molar-refractivity contribution in [2.24, 2.45) is 0 Å². The fourth-order valence-electron chi connectivity index (χ4n) is 3.55. The standard InChI is InChI=1S/C18H35N2O6S2/c1-18(26-13-12-25-2,5-7-20-10-16-28(23,24)17-11-20)4-3-6-19-8-14-27(21,22)15-9-19/h1,3-17H2,2H3. The Morgan fingerprint density at radius 1 is 0.821 bits per heavy atom. The number of rotatable bonds is 11. The summed E-state index contributed by atoms with van der Waals surface area (Å²) in [6, 6.07) is 0. The summed E-state index contributed by atoms with van der Waals surface area (Å²) in [4.78, 5) is 4.35. The minimum absolute atomic E-state index is 0.222. The molecule has 2 aliphatic heterocycles. The zero-order valence-corrected chi connectivity index (χ0v) is 18.6. The van der Waals surface area contributed by atoms with E-state index in [1.165, 1.54) is 0 Å². The number of methoxy groups -OCH3 is 1. The van der Waals surface area contributed by atoms with Crippen LogP contribution in [0.1, 0.15) is 19.3 Å². The maximum absolute atomic E-state index is 11.6. The molecule has 0 bridgehead atoms. The molecule has 0 aromatic rings. The first-order valence-electron chi connectivity index (χ1n) is 9.97. The van der Waals surface area contributed by atoms with E-state index in [1.807, 2.05) is 0 Å². The van der Waals surface area contributed by atoms with Crippen LogP contribution in [0.4, 0.5) is 0 Å². The van der Waals surface area contributed by atoms with Crippen LogP contribution in [0.15, 0.2) is 0 Å². The highest BCUT2D eigenvalue weighted by atomic mass is 32.2. The van der Waals surface area contributed by atoms with Gasteiger partial charge in [0.05, 0.1) is 41.8 Å². The molecule has 0 amide bonds. The SMILES string of the molecule is [CH2]C(CCCN1CCS(=O)(=O)CC1)(CCN1CCS(=O)(=O)CC1)OCCOC. The van der Waals surface area contributed by atoms with Crippen molar-refractivity contribution in [2.75, 3.05) is 82.6 Å². The Labute approximate surface area is 170 Å². The monoisotopic (exact) mass is 439 g/mol. The summed E-state index contributed by atoms with van der Waals surface area (Å²) in [6.07, 6.45) is 2.38. The van der Waals surface area contributed by atoms with Crippen LogP contribution in [0.5, 0.6) is 0 Å². The van der Waals surface area contributed by atoms with Crippen molar-refractivity contribution in [1.29, 1.82) is 0 Å². The molecule has 1 atom stereocenters. The van der Waals surface area contributed by atoms with Crippen molar-refractivity contribution < 1.29 is 26.3 Å². The number of sulfone groups is 2. The van der Waals surface area contributed by atoms with Gasteiger partial charge in [-0.15, -0.1) is 0 Å². The Morgan fingerprint density at radius 2 is 1.32 bits per heavy atom. The lowest BCUT2D eigenvalue weighted by atomic mass is 9.95. The summed E-state index contributed by atoms with van der Waals surface area (Å²) in [5.41, 5.74) is -0.545. The molecule has 2 rings (SSSR count). The van der Waals surface area contributed by atoms with Crippen molar-refractivity contribution in [2.45, 2.75) is 24.9 Å². The van der Waals surface area contributed by atoms with E-state index in [1.54, 1.807) is 7.11 Å². The lowest BCUT2D eigenvalue weighted by molar-refractivity contribution is -0.0491. The quantitative estimate of drug-likeness (QED) is 0.411. The van der Waals surface area contributed by atoms with Gasteiger partial charge in [0.25, 0.3) is 0 Å². The molecule has 1 unspecified atom stereocenters. The van der Waals surface area contributed by atoms with Crippen LogP contribution in [0.25, 0.3) is 0 Å². The lowest BCUT2D eigenvalue weighted by Crippen LogP contribution is -2.44. The first kappa shape index (κ1) is 24.0. The molecule has 2 saturated heterocycles. The molecular weight excluding hydrogens is 404 g/mol. The van der Waals surface area contributed by atoms with E-state index in [0.717, 1.165) is 32.4 Å². The van der Waals surface area contributed by atoms with Gasteiger partial charge in [-0.25, -0.2) is 16.8 Å². The third kappa shape index (κ3) is 8.62.